The standard InChI is InChI=1S/C19H24N4O2S/c1-2-10-22-18(17-13-24-15-8-4-5-9-16(15)25-17)20-23(19(22)26)14-21-11-6-3-7-12-21/h2,4-5,8-9,17H,1,3,6-7,10-14H2/p+1/t17-/m1/s1. The molecular formula is C19H25N4O2S+. The van der Waals surface area contributed by atoms with Crippen LogP contribution < -0.4 is 14.4 Å². The largest absolute Gasteiger partial charge is 0.485 e. The van der Waals surface area contributed by atoms with Crippen LogP contribution in [0.15, 0.2) is 36.9 Å². The summed E-state index contributed by atoms with van der Waals surface area (Å²) in [5.41, 5.74) is 0. The molecule has 0 aliphatic carbocycles. The summed E-state index contributed by atoms with van der Waals surface area (Å²) in [5.74, 6) is 2.33. The van der Waals surface area contributed by atoms with Gasteiger partial charge in [-0.3, -0.25) is 4.57 Å². The van der Waals surface area contributed by atoms with Gasteiger partial charge in [0, 0.05) is 6.54 Å². The van der Waals surface area contributed by atoms with Crippen LogP contribution in [0.3, 0.4) is 0 Å². The smallest absolute Gasteiger partial charge is 0.203 e. The number of benzene rings is 1. The fourth-order valence-corrected chi connectivity index (χ4v) is 3.94. The van der Waals surface area contributed by atoms with Crippen LogP contribution in [0.4, 0.5) is 0 Å². The van der Waals surface area contributed by atoms with Gasteiger partial charge in [0.25, 0.3) is 0 Å². The number of quaternary nitrogens is 1. The molecule has 138 valence electrons. The van der Waals surface area contributed by atoms with Gasteiger partial charge in [-0.1, -0.05) is 18.2 Å². The van der Waals surface area contributed by atoms with Crippen molar-refractivity contribution in [3.05, 3.63) is 47.5 Å². The molecule has 0 spiro atoms. The first-order chi connectivity index (χ1) is 12.8. The van der Waals surface area contributed by atoms with E-state index in [0.29, 0.717) is 13.2 Å². The van der Waals surface area contributed by atoms with E-state index in [-0.39, 0.29) is 6.10 Å². The van der Waals surface area contributed by atoms with Crippen LogP contribution in [-0.2, 0) is 13.2 Å². The molecule has 4 rings (SSSR count). The topological polar surface area (TPSA) is 45.6 Å². The molecule has 1 atom stereocenters. The molecule has 2 aliphatic rings. The van der Waals surface area contributed by atoms with E-state index in [4.69, 9.17) is 26.8 Å². The van der Waals surface area contributed by atoms with Crippen LogP contribution >= 0.6 is 12.2 Å². The molecule has 6 nitrogen and oxygen atoms in total. The van der Waals surface area contributed by atoms with Gasteiger partial charge in [0.15, 0.2) is 30.1 Å². The number of likely N-dealkylation sites (tertiary alicyclic amines) is 1. The second-order valence-corrected chi connectivity index (χ2v) is 7.24. The molecule has 1 aromatic carbocycles. The monoisotopic (exact) mass is 373 g/mol. The zero-order valence-electron chi connectivity index (χ0n) is 14.9. The summed E-state index contributed by atoms with van der Waals surface area (Å²) >= 11 is 5.70. The van der Waals surface area contributed by atoms with E-state index in [1.165, 1.54) is 37.3 Å². The van der Waals surface area contributed by atoms with E-state index in [9.17, 15) is 0 Å². The number of allylic oxidation sites excluding steroid dienone is 1. The van der Waals surface area contributed by atoms with Crippen molar-refractivity contribution >= 4 is 12.2 Å². The van der Waals surface area contributed by atoms with Crippen LogP contribution in [-0.4, -0.2) is 34.0 Å². The molecule has 1 N–H and O–H groups in total. The minimum atomic E-state index is -0.274. The third-order valence-corrected chi connectivity index (χ3v) is 5.42. The van der Waals surface area contributed by atoms with Crippen LogP contribution in [0.5, 0.6) is 11.5 Å². The highest BCUT2D eigenvalue weighted by atomic mass is 32.1. The molecule has 2 aromatic rings. The molecule has 26 heavy (non-hydrogen) atoms. The number of nitrogens with one attached hydrogen (secondary N) is 1. The Morgan fingerprint density at radius 2 is 2.00 bits per heavy atom. The van der Waals surface area contributed by atoms with Gasteiger partial charge in [-0.25, -0.2) is 0 Å². The Bertz CT molecular complexity index is 838. The Kier molecular flexibility index (Phi) is 5.08. The first-order valence-corrected chi connectivity index (χ1v) is 9.67. The average molecular weight is 374 g/mol. The number of ether oxygens (including phenoxy) is 2. The zero-order valence-corrected chi connectivity index (χ0v) is 15.7. The molecule has 0 amide bonds. The molecule has 0 radical (unpaired) electrons. The maximum atomic E-state index is 6.15. The first kappa shape index (κ1) is 17.3. The number of hydrogen-bond donors (Lipinski definition) is 1. The van der Waals surface area contributed by atoms with Crippen molar-refractivity contribution in [2.24, 2.45) is 0 Å². The Morgan fingerprint density at radius 1 is 1.23 bits per heavy atom. The van der Waals surface area contributed by atoms with E-state index in [1.807, 2.05) is 39.6 Å². The van der Waals surface area contributed by atoms with Crippen molar-refractivity contribution < 1.29 is 14.4 Å². The molecule has 1 aromatic heterocycles. The lowest BCUT2D eigenvalue weighted by Gasteiger charge is -2.26. The van der Waals surface area contributed by atoms with Crippen LogP contribution in [0.25, 0.3) is 0 Å². The summed E-state index contributed by atoms with van der Waals surface area (Å²) < 4.78 is 16.7. The van der Waals surface area contributed by atoms with Gasteiger partial charge < -0.3 is 14.4 Å². The maximum Gasteiger partial charge on any atom is 0.203 e. The number of rotatable bonds is 5. The molecule has 0 unspecified atom stereocenters. The molecule has 3 heterocycles. The molecule has 1 saturated heterocycles. The second kappa shape index (κ2) is 7.63. The van der Waals surface area contributed by atoms with E-state index in [2.05, 4.69) is 6.58 Å². The van der Waals surface area contributed by atoms with Gasteiger partial charge >= 0.3 is 0 Å². The first-order valence-electron chi connectivity index (χ1n) is 9.27. The van der Waals surface area contributed by atoms with Gasteiger partial charge in [-0.05, 0) is 43.6 Å². The number of aromatic nitrogens is 3. The van der Waals surface area contributed by atoms with E-state index < -0.39 is 0 Å². The predicted octanol–water partition coefficient (Wildman–Crippen LogP) is 2.14. The summed E-state index contributed by atoms with van der Waals surface area (Å²) in [4.78, 5) is 1.54. The molecule has 1 fully saturated rings. The van der Waals surface area contributed by atoms with Crippen molar-refractivity contribution in [1.29, 1.82) is 0 Å². The van der Waals surface area contributed by atoms with Crippen molar-refractivity contribution in [1.82, 2.24) is 14.3 Å². The van der Waals surface area contributed by atoms with Crippen LogP contribution in [0.2, 0.25) is 0 Å². The predicted molar refractivity (Wildman–Crippen MR) is 101 cm³/mol. The lowest BCUT2D eigenvalue weighted by Crippen LogP contribution is -3.12. The number of fused-ring (bicyclic) bond motifs is 1. The summed E-state index contributed by atoms with van der Waals surface area (Å²) in [6, 6.07) is 7.72. The third-order valence-electron chi connectivity index (χ3n) is 4.99. The Morgan fingerprint density at radius 3 is 2.77 bits per heavy atom. The van der Waals surface area contributed by atoms with Crippen molar-refractivity contribution in [2.75, 3.05) is 19.7 Å². The lowest BCUT2D eigenvalue weighted by atomic mass is 10.1. The third kappa shape index (κ3) is 3.41. The number of hydrogen-bond acceptors (Lipinski definition) is 4. The molecule has 0 bridgehead atoms. The fraction of sp³-hybridized carbons (Fsp3) is 0.474. The number of nitrogens with zero attached hydrogens (tertiary/aromatic N) is 3. The SMILES string of the molecule is C=CCn1c([C@H]2COc3ccccc3O2)nn(C[NH+]2CCCCC2)c1=S. The number of piperidine rings is 1. The molecule has 2 aliphatic heterocycles. The Hall–Kier alpha value is -2.12. The normalized spacial score (nSPS) is 20.1. The minimum absolute atomic E-state index is 0.274. The highest BCUT2D eigenvalue weighted by Crippen LogP contribution is 2.35. The summed E-state index contributed by atoms with van der Waals surface area (Å²) in [5, 5.41) is 4.82. The average Bonchev–Trinajstić information content (AvgIpc) is 2.98. The van der Waals surface area contributed by atoms with Gasteiger partial charge in [-0.15, -0.1) is 11.7 Å². The highest BCUT2D eigenvalue weighted by molar-refractivity contribution is 7.71. The van der Waals surface area contributed by atoms with Crippen LogP contribution in [0, 0.1) is 4.77 Å². The van der Waals surface area contributed by atoms with E-state index in [1.54, 1.807) is 0 Å². The van der Waals surface area contributed by atoms with E-state index >= 15 is 0 Å². The van der Waals surface area contributed by atoms with Gasteiger partial charge in [0.2, 0.25) is 4.77 Å². The molecular weight excluding hydrogens is 348 g/mol. The second-order valence-electron chi connectivity index (χ2n) is 6.87. The van der Waals surface area contributed by atoms with Crippen LogP contribution in [0.1, 0.15) is 31.2 Å². The van der Waals surface area contributed by atoms with E-state index in [0.717, 1.165) is 28.8 Å². The summed E-state index contributed by atoms with van der Waals surface area (Å²) in [6.45, 7) is 8.08. The molecule has 7 heteroatoms. The lowest BCUT2D eigenvalue weighted by molar-refractivity contribution is -0.928. The summed E-state index contributed by atoms with van der Waals surface area (Å²) in [7, 11) is 0. The van der Waals surface area contributed by atoms with Gasteiger partial charge in [0.1, 0.15) is 6.61 Å². The van der Waals surface area contributed by atoms with Gasteiger partial charge in [0.05, 0.1) is 13.1 Å². The highest BCUT2D eigenvalue weighted by Gasteiger charge is 2.28. The van der Waals surface area contributed by atoms with Crippen molar-refractivity contribution in [3.63, 3.8) is 0 Å². The van der Waals surface area contributed by atoms with Crippen molar-refractivity contribution in [2.45, 2.75) is 38.6 Å². The Labute approximate surface area is 158 Å². The number of para-hydroxylation sites is 2. The van der Waals surface area contributed by atoms with Crippen molar-refractivity contribution in [3.8, 4) is 11.5 Å². The quantitative estimate of drug-likeness (QED) is 0.644. The Balaban J connectivity index is 1.61. The minimum Gasteiger partial charge on any atom is -0.485 e. The molecule has 0 saturated carbocycles. The summed E-state index contributed by atoms with van der Waals surface area (Å²) in [6.07, 6.45) is 5.46. The zero-order chi connectivity index (χ0) is 17.9. The maximum absolute atomic E-state index is 6.15. The fourth-order valence-electron chi connectivity index (χ4n) is 3.67. The van der Waals surface area contributed by atoms with Gasteiger partial charge in [-0.2, -0.15) is 4.68 Å².